The molecule has 0 radical (unpaired) electrons. The van der Waals surface area contributed by atoms with E-state index in [-0.39, 0.29) is 0 Å². The van der Waals surface area contributed by atoms with Gasteiger partial charge in [-0.3, -0.25) is 0 Å². The molecule has 0 aromatic heterocycles. The molecule has 0 spiro atoms. The van der Waals surface area contributed by atoms with Crippen LogP contribution in [0.3, 0.4) is 0 Å². The van der Waals surface area contributed by atoms with Crippen molar-refractivity contribution in [1.82, 2.24) is 0 Å². The van der Waals surface area contributed by atoms with E-state index in [1.54, 1.807) is 23.1 Å². The Balaban J connectivity index is 1.27. The Kier molecular flexibility index (Phi) is 8.98. The summed E-state index contributed by atoms with van der Waals surface area (Å²) in [7, 11) is 0. The maximum Gasteiger partial charge on any atom is -0.0159 e. The summed E-state index contributed by atoms with van der Waals surface area (Å²) in [4.78, 5) is 0. The second-order valence-corrected chi connectivity index (χ2v) is 11.7. The first-order chi connectivity index (χ1) is 15.3. The van der Waals surface area contributed by atoms with Crippen LogP contribution in [-0.2, 0) is 12.8 Å². The molecular weight excluding hydrogens is 372 g/mol. The van der Waals surface area contributed by atoms with Crippen molar-refractivity contribution in [3.63, 3.8) is 0 Å². The van der Waals surface area contributed by atoms with Gasteiger partial charge in [0.2, 0.25) is 0 Å². The van der Waals surface area contributed by atoms with Gasteiger partial charge in [-0.1, -0.05) is 96.3 Å². The Morgan fingerprint density at radius 2 is 1.45 bits per heavy atom. The predicted molar refractivity (Wildman–Crippen MR) is 136 cm³/mol. The van der Waals surface area contributed by atoms with Crippen molar-refractivity contribution in [2.24, 2.45) is 23.7 Å². The summed E-state index contributed by atoms with van der Waals surface area (Å²) in [5.41, 5.74) is 5.10. The highest BCUT2D eigenvalue weighted by atomic mass is 14.4. The number of rotatable bonds is 10. The lowest BCUT2D eigenvalue weighted by Gasteiger charge is -2.42. The topological polar surface area (TPSA) is 0 Å². The molecule has 174 valence electrons. The molecule has 1 aromatic rings. The number of hydrogen-bond acceptors (Lipinski definition) is 0. The molecule has 0 bridgehead atoms. The standard InChI is InChI=1S/C31H50/c1-3-5-7-8-9-11-25-13-15-29-23-31(19-17-27(29)21-25)30-18-16-26-20-24(10-6-4-2)12-14-28(26)22-30/h17,19,23-26,28,30H,3-16,18,20-22H2,1-2H3. The van der Waals surface area contributed by atoms with Crippen LogP contribution in [0.4, 0.5) is 0 Å². The molecule has 4 rings (SSSR count). The lowest BCUT2D eigenvalue weighted by molar-refractivity contribution is 0.113. The largest absolute Gasteiger partial charge is 0.0654 e. The van der Waals surface area contributed by atoms with Gasteiger partial charge in [-0.15, -0.1) is 0 Å². The Labute approximate surface area is 194 Å². The van der Waals surface area contributed by atoms with Gasteiger partial charge in [-0.25, -0.2) is 0 Å². The predicted octanol–water partition coefficient (Wildman–Crippen LogP) is 9.64. The molecule has 31 heavy (non-hydrogen) atoms. The molecule has 1 aromatic carbocycles. The van der Waals surface area contributed by atoms with Crippen LogP contribution in [0.1, 0.15) is 139 Å². The van der Waals surface area contributed by atoms with Crippen LogP contribution in [0.25, 0.3) is 0 Å². The van der Waals surface area contributed by atoms with Crippen molar-refractivity contribution in [2.75, 3.05) is 0 Å². The van der Waals surface area contributed by atoms with Crippen LogP contribution in [-0.4, -0.2) is 0 Å². The first kappa shape index (κ1) is 23.4. The normalized spacial score (nSPS) is 30.6. The molecule has 0 saturated heterocycles. The summed E-state index contributed by atoms with van der Waals surface area (Å²) in [6.45, 7) is 4.67. The molecule has 2 saturated carbocycles. The first-order valence-corrected chi connectivity index (χ1v) is 14.4. The number of fused-ring (bicyclic) bond motifs is 2. The van der Waals surface area contributed by atoms with Crippen molar-refractivity contribution in [3.8, 4) is 0 Å². The van der Waals surface area contributed by atoms with Crippen LogP contribution in [0.2, 0.25) is 0 Å². The Hall–Kier alpha value is -0.780. The maximum absolute atomic E-state index is 2.66. The van der Waals surface area contributed by atoms with E-state index < -0.39 is 0 Å². The zero-order valence-electron chi connectivity index (χ0n) is 20.8. The molecule has 0 aliphatic heterocycles. The van der Waals surface area contributed by atoms with Crippen molar-refractivity contribution in [2.45, 2.75) is 135 Å². The number of aryl methyl sites for hydroxylation is 1. The van der Waals surface area contributed by atoms with E-state index in [0.29, 0.717) is 0 Å². The minimum Gasteiger partial charge on any atom is -0.0654 e. The number of benzene rings is 1. The minimum absolute atomic E-state index is 0.857. The van der Waals surface area contributed by atoms with E-state index in [1.165, 1.54) is 109 Å². The molecule has 3 aliphatic rings. The Morgan fingerprint density at radius 1 is 0.677 bits per heavy atom. The summed E-state index contributed by atoms with van der Waals surface area (Å²) >= 11 is 0. The number of unbranched alkanes of at least 4 members (excludes halogenated alkanes) is 5. The van der Waals surface area contributed by atoms with E-state index in [2.05, 4.69) is 32.0 Å². The fraction of sp³-hybridized carbons (Fsp3) is 0.806. The third-order valence-corrected chi connectivity index (χ3v) is 9.44. The van der Waals surface area contributed by atoms with Crippen molar-refractivity contribution in [3.05, 3.63) is 34.9 Å². The lowest BCUT2D eigenvalue weighted by atomic mass is 9.63. The minimum atomic E-state index is 0.857. The summed E-state index contributed by atoms with van der Waals surface area (Å²) in [5, 5.41) is 0. The van der Waals surface area contributed by atoms with E-state index >= 15 is 0 Å². The molecular formula is C31H50. The van der Waals surface area contributed by atoms with Gasteiger partial charge < -0.3 is 0 Å². The molecule has 0 heteroatoms. The van der Waals surface area contributed by atoms with Crippen molar-refractivity contribution in [1.29, 1.82) is 0 Å². The molecule has 0 heterocycles. The van der Waals surface area contributed by atoms with Gasteiger partial charge in [0.05, 0.1) is 0 Å². The molecule has 5 unspecified atom stereocenters. The highest BCUT2D eigenvalue weighted by Crippen LogP contribution is 2.48. The van der Waals surface area contributed by atoms with Crippen LogP contribution < -0.4 is 0 Å². The Bertz CT molecular complexity index is 658. The number of hydrogen-bond donors (Lipinski definition) is 0. The summed E-state index contributed by atoms with van der Waals surface area (Å²) in [6.07, 6.45) is 26.2. The smallest absolute Gasteiger partial charge is 0.0159 e. The average molecular weight is 423 g/mol. The summed E-state index contributed by atoms with van der Waals surface area (Å²) in [5.74, 6) is 4.96. The van der Waals surface area contributed by atoms with Gasteiger partial charge in [0.15, 0.2) is 0 Å². The van der Waals surface area contributed by atoms with Crippen molar-refractivity contribution < 1.29 is 0 Å². The SMILES string of the molecule is CCCCCCCC1CCc2cc(C3CCC4CC(CCCC)CCC4C3)ccc2C1. The molecule has 5 atom stereocenters. The lowest BCUT2D eigenvalue weighted by Crippen LogP contribution is -2.30. The second kappa shape index (κ2) is 11.9. The fourth-order valence-corrected chi connectivity index (χ4v) is 7.43. The van der Waals surface area contributed by atoms with Crippen LogP contribution >= 0.6 is 0 Å². The Morgan fingerprint density at radius 3 is 2.32 bits per heavy atom. The van der Waals surface area contributed by atoms with Gasteiger partial charge in [0, 0.05) is 0 Å². The zero-order valence-corrected chi connectivity index (χ0v) is 20.8. The van der Waals surface area contributed by atoms with E-state index in [0.717, 1.165) is 29.6 Å². The molecule has 3 aliphatic carbocycles. The van der Waals surface area contributed by atoms with Crippen LogP contribution in [0, 0.1) is 23.7 Å². The van der Waals surface area contributed by atoms with E-state index in [4.69, 9.17) is 0 Å². The van der Waals surface area contributed by atoms with E-state index in [9.17, 15) is 0 Å². The third-order valence-electron chi connectivity index (χ3n) is 9.44. The van der Waals surface area contributed by atoms with E-state index in [1.807, 2.05) is 0 Å². The highest BCUT2D eigenvalue weighted by Gasteiger charge is 2.36. The summed E-state index contributed by atoms with van der Waals surface area (Å²) in [6, 6.07) is 7.74. The highest BCUT2D eigenvalue weighted by molar-refractivity contribution is 5.36. The molecule has 2 fully saturated rings. The van der Waals surface area contributed by atoms with Gasteiger partial charge in [0.1, 0.15) is 0 Å². The van der Waals surface area contributed by atoms with Crippen LogP contribution in [0.15, 0.2) is 18.2 Å². The van der Waals surface area contributed by atoms with Crippen LogP contribution in [0.5, 0.6) is 0 Å². The first-order valence-electron chi connectivity index (χ1n) is 14.4. The fourth-order valence-electron chi connectivity index (χ4n) is 7.43. The van der Waals surface area contributed by atoms with Gasteiger partial charge in [-0.05, 0) is 97.6 Å². The monoisotopic (exact) mass is 422 g/mol. The van der Waals surface area contributed by atoms with Crippen molar-refractivity contribution >= 4 is 0 Å². The average Bonchev–Trinajstić information content (AvgIpc) is 2.81. The second-order valence-electron chi connectivity index (χ2n) is 11.7. The van der Waals surface area contributed by atoms with Gasteiger partial charge >= 0.3 is 0 Å². The van der Waals surface area contributed by atoms with Gasteiger partial charge in [-0.2, -0.15) is 0 Å². The van der Waals surface area contributed by atoms with Gasteiger partial charge in [0.25, 0.3) is 0 Å². The molecule has 0 nitrogen and oxygen atoms in total. The quantitative estimate of drug-likeness (QED) is 0.329. The third kappa shape index (κ3) is 6.39. The zero-order chi connectivity index (χ0) is 21.5. The summed E-state index contributed by atoms with van der Waals surface area (Å²) < 4.78 is 0. The molecule has 0 N–H and O–H groups in total. The molecule has 0 amide bonds. The maximum atomic E-state index is 2.66.